The second-order valence-electron chi connectivity index (χ2n) is 4.65. The highest BCUT2D eigenvalue weighted by atomic mass is 16.3. The molecular formula is C12H15N3O. The van der Waals surface area contributed by atoms with Crippen LogP contribution in [-0.4, -0.2) is 15.1 Å². The summed E-state index contributed by atoms with van der Waals surface area (Å²) in [6.45, 7) is 2.12. The van der Waals surface area contributed by atoms with E-state index < -0.39 is 11.5 Å². The first-order chi connectivity index (χ1) is 7.68. The van der Waals surface area contributed by atoms with Crippen LogP contribution < -0.4 is 0 Å². The number of aliphatic hydroxyl groups is 1. The van der Waals surface area contributed by atoms with Crippen molar-refractivity contribution in [2.45, 2.75) is 32.3 Å². The molecule has 0 radical (unpaired) electrons. The summed E-state index contributed by atoms with van der Waals surface area (Å²) in [6.07, 6.45) is 4.68. The lowest BCUT2D eigenvalue weighted by Crippen LogP contribution is -2.25. The van der Waals surface area contributed by atoms with Crippen molar-refractivity contribution < 1.29 is 5.11 Å². The molecule has 1 aromatic rings. The van der Waals surface area contributed by atoms with E-state index in [9.17, 15) is 10.4 Å². The van der Waals surface area contributed by atoms with Crippen LogP contribution in [0.1, 0.15) is 38.0 Å². The SMILES string of the molecule is CC1CCC(C#N)(C(O)c2ccncn2)C1. The van der Waals surface area contributed by atoms with Crippen LogP contribution in [0.5, 0.6) is 0 Å². The molecule has 0 saturated heterocycles. The topological polar surface area (TPSA) is 69.8 Å². The number of aliphatic hydroxyl groups excluding tert-OH is 1. The van der Waals surface area contributed by atoms with E-state index in [4.69, 9.17) is 0 Å². The monoisotopic (exact) mass is 217 g/mol. The zero-order valence-corrected chi connectivity index (χ0v) is 9.30. The summed E-state index contributed by atoms with van der Waals surface area (Å²) < 4.78 is 0. The van der Waals surface area contributed by atoms with Crippen LogP contribution in [0, 0.1) is 22.7 Å². The summed E-state index contributed by atoms with van der Waals surface area (Å²) in [6, 6.07) is 3.97. The minimum Gasteiger partial charge on any atom is -0.385 e. The van der Waals surface area contributed by atoms with Crippen molar-refractivity contribution >= 4 is 0 Å². The number of hydrogen-bond acceptors (Lipinski definition) is 4. The molecule has 84 valence electrons. The molecule has 3 unspecified atom stereocenters. The minimum absolute atomic E-state index is 0.496. The molecule has 0 aromatic carbocycles. The second kappa shape index (κ2) is 4.18. The van der Waals surface area contributed by atoms with Crippen molar-refractivity contribution in [2.24, 2.45) is 11.3 Å². The predicted octanol–water partition coefficient (Wildman–Crippen LogP) is 1.84. The Labute approximate surface area is 95.0 Å². The van der Waals surface area contributed by atoms with E-state index in [1.54, 1.807) is 12.3 Å². The third-order valence-corrected chi connectivity index (χ3v) is 3.43. The first-order valence-corrected chi connectivity index (χ1v) is 5.53. The van der Waals surface area contributed by atoms with Gasteiger partial charge in [0.05, 0.1) is 17.2 Å². The molecule has 1 aromatic heterocycles. The molecule has 2 rings (SSSR count). The Morgan fingerprint density at radius 3 is 3.00 bits per heavy atom. The van der Waals surface area contributed by atoms with E-state index in [0.29, 0.717) is 11.6 Å². The molecule has 16 heavy (non-hydrogen) atoms. The fourth-order valence-corrected chi connectivity index (χ4v) is 2.49. The van der Waals surface area contributed by atoms with Gasteiger partial charge in [-0.05, 0) is 31.2 Å². The fourth-order valence-electron chi connectivity index (χ4n) is 2.49. The largest absolute Gasteiger partial charge is 0.385 e. The highest BCUT2D eigenvalue weighted by Gasteiger charge is 2.45. The van der Waals surface area contributed by atoms with Crippen LogP contribution in [0.4, 0.5) is 0 Å². The summed E-state index contributed by atoms with van der Waals surface area (Å²) in [5.74, 6) is 0.496. The van der Waals surface area contributed by atoms with Gasteiger partial charge in [0.15, 0.2) is 0 Å². The molecule has 3 atom stereocenters. The van der Waals surface area contributed by atoms with Gasteiger partial charge in [0.1, 0.15) is 12.4 Å². The first-order valence-electron chi connectivity index (χ1n) is 5.53. The fraction of sp³-hybridized carbons (Fsp3) is 0.583. The first kappa shape index (κ1) is 11.0. The van der Waals surface area contributed by atoms with Gasteiger partial charge in [-0.25, -0.2) is 9.97 Å². The van der Waals surface area contributed by atoms with Gasteiger partial charge in [-0.2, -0.15) is 5.26 Å². The van der Waals surface area contributed by atoms with Crippen LogP contribution in [0.25, 0.3) is 0 Å². The molecular weight excluding hydrogens is 202 g/mol. The minimum atomic E-state index is -0.801. The molecule has 4 heteroatoms. The maximum atomic E-state index is 10.3. The highest BCUT2D eigenvalue weighted by Crippen LogP contribution is 2.48. The van der Waals surface area contributed by atoms with Crippen LogP contribution >= 0.6 is 0 Å². The van der Waals surface area contributed by atoms with Crippen molar-refractivity contribution in [2.75, 3.05) is 0 Å². The molecule has 1 aliphatic carbocycles. The zero-order chi connectivity index (χ0) is 11.6. The molecule has 0 spiro atoms. The Kier molecular flexibility index (Phi) is 2.88. The van der Waals surface area contributed by atoms with Gasteiger partial charge in [-0.3, -0.25) is 0 Å². The van der Waals surface area contributed by atoms with Gasteiger partial charge < -0.3 is 5.11 Å². The van der Waals surface area contributed by atoms with Gasteiger partial charge in [0.2, 0.25) is 0 Å². The van der Waals surface area contributed by atoms with E-state index in [1.165, 1.54) is 6.33 Å². The van der Waals surface area contributed by atoms with Crippen molar-refractivity contribution in [1.82, 2.24) is 9.97 Å². The standard InChI is InChI=1S/C12H15N3O/c1-9-2-4-12(6-9,7-13)11(16)10-3-5-14-8-15-10/h3,5,8-9,11,16H,2,4,6H2,1H3. The van der Waals surface area contributed by atoms with Gasteiger partial charge in [0, 0.05) is 6.20 Å². The Bertz CT molecular complexity index is 400. The maximum absolute atomic E-state index is 10.3. The van der Waals surface area contributed by atoms with Crippen LogP contribution in [-0.2, 0) is 0 Å². The second-order valence-corrected chi connectivity index (χ2v) is 4.65. The van der Waals surface area contributed by atoms with Crippen molar-refractivity contribution in [3.63, 3.8) is 0 Å². The van der Waals surface area contributed by atoms with Crippen LogP contribution in [0.2, 0.25) is 0 Å². The highest BCUT2D eigenvalue weighted by molar-refractivity contribution is 5.16. The third kappa shape index (κ3) is 1.79. The molecule has 1 fully saturated rings. The van der Waals surface area contributed by atoms with E-state index in [1.807, 2.05) is 0 Å². The smallest absolute Gasteiger partial charge is 0.115 e. The molecule has 1 saturated carbocycles. The van der Waals surface area contributed by atoms with Gasteiger partial charge in [-0.1, -0.05) is 6.92 Å². The van der Waals surface area contributed by atoms with Crippen LogP contribution in [0.15, 0.2) is 18.6 Å². The Hall–Kier alpha value is -1.47. The molecule has 4 nitrogen and oxygen atoms in total. The lowest BCUT2D eigenvalue weighted by atomic mass is 9.79. The van der Waals surface area contributed by atoms with Gasteiger partial charge >= 0.3 is 0 Å². The zero-order valence-electron chi connectivity index (χ0n) is 9.30. The summed E-state index contributed by atoms with van der Waals surface area (Å²) in [5.41, 5.74) is -0.112. The van der Waals surface area contributed by atoms with E-state index in [0.717, 1.165) is 19.3 Å². The molecule has 1 heterocycles. The average molecular weight is 217 g/mol. The normalized spacial score (nSPS) is 30.9. The lowest BCUT2D eigenvalue weighted by Gasteiger charge is -2.26. The van der Waals surface area contributed by atoms with Crippen molar-refractivity contribution in [1.29, 1.82) is 5.26 Å². The van der Waals surface area contributed by atoms with Crippen LogP contribution in [0.3, 0.4) is 0 Å². The Morgan fingerprint density at radius 1 is 1.69 bits per heavy atom. The van der Waals surface area contributed by atoms with E-state index >= 15 is 0 Å². The summed E-state index contributed by atoms with van der Waals surface area (Å²) in [4.78, 5) is 7.84. The molecule has 0 bridgehead atoms. The number of hydrogen-bond donors (Lipinski definition) is 1. The van der Waals surface area contributed by atoms with Gasteiger partial charge in [0.25, 0.3) is 0 Å². The predicted molar refractivity (Wildman–Crippen MR) is 58.1 cm³/mol. The molecule has 1 aliphatic rings. The molecule has 0 aliphatic heterocycles. The summed E-state index contributed by atoms with van der Waals surface area (Å²) in [7, 11) is 0. The Morgan fingerprint density at radius 2 is 2.50 bits per heavy atom. The lowest BCUT2D eigenvalue weighted by molar-refractivity contribution is 0.0609. The van der Waals surface area contributed by atoms with E-state index in [-0.39, 0.29) is 0 Å². The number of rotatable bonds is 2. The quantitative estimate of drug-likeness (QED) is 0.820. The van der Waals surface area contributed by atoms with Crippen molar-refractivity contribution in [3.8, 4) is 6.07 Å². The number of aromatic nitrogens is 2. The molecule has 1 N–H and O–H groups in total. The van der Waals surface area contributed by atoms with Gasteiger partial charge in [-0.15, -0.1) is 0 Å². The summed E-state index contributed by atoms with van der Waals surface area (Å²) in [5, 5.41) is 19.6. The van der Waals surface area contributed by atoms with Crippen molar-refractivity contribution in [3.05, 3.63) is 24.3 Å². The summed E-state index contributed by atoms with van der Waals surface area (Å²) >= 11 is 0. The number of nitriles is 1. The molecule has 0 amide bonds. The maximum Gasteiger partial charge on any atom is 0.115 e. The average Bonchev–Trinajstić information content (AvgIpc) is 2.72. The Balaban J connectivity index is 2.27. The van der Waals surface area contributed by atoms with E-state index in [2.05, 4.69) is 23.0 Å². The number of nitrogens with zero attached hydrogens (tertiary/aromatic N) is 3. The third-order valence-electron chi connectivity index (χ3n) is 3.43.